The molecule has 2 rings (SSSR count). The van der Waals surface area contributed by atoms with Crippen molar-refractivity contribution in [1.29, 1.82) is 0 Å². The van der Waals surface area contributed by atoms with Crippen LogP contribution in [0.3, 0.4) is 0 Å². The fourth-order valence-corrected chi connectivity index (χ4v) is 2.71. The Morgan fingerprint density at radius 3 is 2.62 bits per heavy atom. The van der Waals surface area contributed by atoms with Gasteiger partial charge in [0, 0.05) is 12.6 Å². The Kier molecular flexibility index (Phi) is 6.49. The normalized spacial score (nSPS) is 23.8. The molecule has 1 aromatic rings. The number of hydrogen-bond acceptors (Lipinski definition) is 4. The first-order valence-corrected chi connectivity index (χ1v) is 8.00. The Bertz CT molecular complexity index is 407. The molecule has 0 spiro atoms. The van der Waals surface area contributed by atoms with Gasteiger partial charge in [-0.1, -0.05) is 31.9 Å². The van der Waals surface area contributed by atoms with Gasteiger partial charge in [-0.3, -0.25) is 0 Å². The Balaban J connectivity index is 1.67. The summed E-state index contributed by atoms with van der Waals surface area (Å²) in [7, 11) is 0. The van der Waals surface area contributed by atoms with Gasteiger partial charge in [0.1, 0.15) is 18.5 Å². The molecule has 0 amide bonds. The van der Waals surface area contributed by atoms with Crippen LogP contribution in [0.2, 0.25) is 0 Å². The number of rotatable bonds is 7. The molecule has 1 aromatic carbocycles. The highest BCUT2D eigenvalue weighted by atomic mass is 16.5. The van der Waals surface area contributed by atoms with E-state index in [0.29, 0.717) is 6.54 Å². The molecule has 1 fully saturated rings. The van der Waals surface area contributed by atoms with Crippen LogP contribution in [0, 0.1) is 0 Å². The predicted octanol–water partition coefficient (Wildman–Crippen LogP) is 1.88. The van der Waals surface area contributed by atoms with Gasteiger partial charge in [-0.15, -0.1) is 0 Å². The van der Waals surface area contributed by atoms with E-state index in [1.165, 1.54) is 5.56 Å². The molecule has 21 heavy (non-hydrogen) atoms. The molecule has 3 unspecified atom stereocenters. The van der Waals surface area contributed by atoms with E-state index in [-0.39, 0.29) is 18.8 Å². The number of aliphatic hydroxyl groups excluding tert-OH is 2. The highest BCUT2D eigenvalue weighted by Crippen LogP contribution is 2.18. The molecule has 0 heterocycles. The first-order valence-electron chi connectivity index (χ1n) is 8.00. The maximum atomic E-state index is 9.96. The summed E-state index contributed by atoms with van der Waals surface area (Å²) in [5.41, 5.74) is 1.27. The Morgan fingerprint density at radius 2 is 1.95 bits per heavy atom. The lowest BCUT2D eigenvalue weighted by Gasteiger charge is -2.29. The second-order valence-electron chi connectivity index (χ2n) is 5.83. The topological polar surface area (TPSA) is 61.7 Å². The highest BCUT2D eigenvalue weighted by molar-refractivity contribution is 5.27. The zero-order chi connectivity index (χ0) is 15.1. The second kappa shape index (κ2) is 8.37. The van der Waals surface area contributed by atoms with Crippen molar-refractivity contribution in [3.63, 3.8) is 0 Å². The summed E-state index contributed by atoms with van der Waals surface area (Å²) < 4.78 is 5.58. The minimum atomic E-state index is -0.565. The SMILES string of the molecule is CCc1ccc(OCC(O)CNC2CCCCC2O)cc1. The van der Waals surface area contributed by atoms with Gasteiger partial charge >= 0.3 is 0 Å². The van der Waals surface area contributed by atoms with Gasteiger partial charge in [0.2, 0.25) is 0 Å². The van der Waals surface area contributed by atoms with Gasteiger partial charge in [-0.2, -0.15) is 0 Å². The van der Waals surface area contributed by atoms with Crippen LogP contribution in [0.5, 0.6) is 5.75 Å². The van der Waals surface area contributed by atoms with Crippen molar-refractivity contribution in [3.05, 3.63) is 29.8 Å². The van der Waals surface area contributed by atoms with E-state index in [9.17, 15) is 10.2 Å². The van der Waals surface area contributed by atoms with E-state index >= 15 is 0 Å². The third kappa shape index (κ3) is 5.30. The van der Waals surface area contributed by atoms with Crippen LogP contribution in [-0.4, -0.2) is 41.6 Å². The average molecular weight is 293 g/mol. The molecular weight excluding hydrogens is 266 g/mol. The Hall–Kier alpha value is -1.10. The van der Waals surface area contributed by atoms with Gasteiger partial charge in [-0.25, -0.2) is 0 Å². The van der Waals surface area contributed by atoms with E-state index < -0.39 is 6.10 Å². The molecular formula is C17H27NO3. The monoisotopic (exact) mass is 293 g/mol. The quantitative estimate of drug-likeness (QED) is 0.718. The molecule has 1 aliphatic carbocycles. The van der Waals surface area contributed by atoms with Crippen molar-refractivity contribution in [1.82, 2.24) is 5.32 Å². The number of hydrogen-bond donors (Lipinski definition) is 3. The number of aliphatic hydroxyl groups is 2. The average Bonchev–Trinajstić information content (AvgIpc) is 2.52. The number of ether oxygens (including phenoxy) is 1. The molecule has 3 atom stereocenters. The first-order chi connectivity index (χ1) is 10.2. The van der Waals surface area contributed by atoms with Crippen LogP contribution < -0.4 is 10.1 Å². The van der Waals surface area contributed by atoms with Gasteiger partial charge < -0.3 is 20.3 Å². The molecule has 0 saturated heterocycles. The smallest absolute Gasteiger partial charge is 0.119 e. The Morgan fingerprint density at radius 1 is 1.24 bits per heavy atom. The summed E-state index contributed by atoms with van der Waals surface area (Å²) >= 11 is 0. The zero-order valence-corrected chi connectivity index (χ0v) is 12.8. The van der Waals surface area contributed by atoms with Crippen LogP contribution in [-0.2, 0) is 6.42 Å². The van der Waals surface area contributed by atoms with E-state index in [1.54, 1.807) is 0 Å². The zero-order valence-electron chi connectivity index (χ0n) is 12.8. The summed E-state index contributed by atoms with van der Waals surface area (Å²) in [4.78, 5) is 0. The van der Waals surface area contributed by atoms with Crippen molar-refractivity contribution >= 4 is 0 Å². The predicted molar refractivity (Wildman–Crippen MR) is 83.6 cm³/mol. The van der Waals surface area contributed by atoms with Crippen molar-refractivity contribution < 1.29 is 14.9 Å². The standard InChI is InChI=1S/C17H27NO3/c1-2-13-7-9-15(10-8-13)21-12-14(19)11-18-16-5-3-4-6-17(16)20/h7-10,14,16-20H,2-6,11-12H2,1H3. The van der Waals surface area contributed by atoms with Crippen molar-refractivity contribution in [3.8, 4) is 5.75 Å². The van der Waals surface area contributed by atoms with Crippen molar-refractivity contribution in [2.75, 3.05) is 13.2 Å². The molecule has 118 valence electrons. The molecule has 3 N–H and O–H groups in total. The first kappa shape index (κ1) is 16.3. The summed E-state index contributed by atoms with van der Waals surface area (Å²) in [5.74, 6) is 0.781. The molecule has 0 radical (unpaired) electrons. The summed E-state index contributed by atoms with van der Waals surface area (Å²) in [5, 5.41) is 23.1. The molecule has 1 saturated carbocycles. The van der Waals surface area contributed by atoms with Crippen LogP contribution in [0.1, 0.15) is 38.2 Å². The van der Waals surface area contributed by atoms with E-state index in [4.69, 9.17) is 4.74 Å². The molecule has 0 aliphatic heterocycles. The van der Waals surface area contributed by atoms with Gasteiger partial charge in [0.25, 0.3) is 0 Å². The highest BCUT2D eigenvalue weighted by Gasteiger charge is 2.23. The van der Waals surface area contributed by atoms with Gasteiger partial charge in [0.05, 0.1) is 6.10 Å². The summed E-state index contributed by atoms with van der Waals surface area (Å²) in [6.07, 6.45) is 4.24. The van der Waals surface area contributed by atoms with E-state index in [1.807, 2.05) is 24.3 Å². The maximum absolute atomic E-state index is 9.96. The van der Waals surface area contributed by atoms with E-state index in [0.717, 1.165) is 37.9 Å². The molecule has 0 aromatic heterocycles. The van der Waals surface area contributed by atoms with Crippen molar-refractivity contribution in [2.24, 2.45) is 0 Å². The van der Waals surface area contributed by atoms with Crippen molar-refractivity contribution in [2.45, 2.75) is 57.3 Å². The minimum absolute atomic E-state index is 0.109. The Labute approximate surface area is 127 Å². The summed E-state index contributed by atoms with van der Waals surface area (Å²) in [6, 6.07) is 8.06. The lowest BCUT2D eigenvalue weighted by Crippen LogP contribution is -2.45. The van der Waals surface area contributed by atoms with Crippen LogP contribution in [0.15, 0.2) is 24.3 Å². The number of nitrogens with one attached hydrogen (secondary N) is 1. The van der Waals surface area contributed by atoms with Crippen LogP contribution >= 0.6 is 0 Å². The third-order valence-electron chi connectivity index (χ3n) is 4.12. The summed E-state index contributed by atoms with van der Waals surface area (Å²) in [6.45, 7) is 2.83. The minimum Gasteiger partial charge on any atom is -0.491 e. The van der Waals surface area contributed by atoms with Crippen LogP contribution in [0.4, 0.5) is 0 Å². The maximum Gasteiger partial charge on any atom is 0.119 e. The fourth-order valence-electron chi connectivity index (χ4n) is 2.71. The van der Waals surface area contributed by atoms with Gasteiger partial charge in [0.15, 0.2) is 0 Å². The number of aryl methyl sites for hydroxylation is 1. The molecule has 0 bridgehead atoms. The molecule has 1 aliphatic rings. The number of benzene rings is 1. The molecule has 4 nitrogen and oxygen atoms in total. The lowest BCUT2D eigenvalue weighted by atomic mass is 9.92. The van der Waals surface area contributed by atoms with Crippen LogP contribution in [0.25, 0.3) is 0 Å². The second-order valence-corrected chi connectivity index (χ2v) is 5.83. The largest absolute Gasteiger partial charge is 0.491 e. The fraction of sp³-hybridized carbons (Fsp3) is 0.647. The van der Waals surface area contributed by atoms with E-state index in [2.05, 4.69) is 12.2 Å². The molecule has 4 heteroatoms. The lowest BCUT2D eigenvalue weighted by molar-refractivity contribution is 0.0673. The van der Waals surface area contributed by atoms with Gasteiger partial charge in [-0.05, 0) is 37.0 Å². The third-order valence-corrected chi connectivity index (χ3v) is 4.12.